The maximum Gasteiger partial charge on any atom is 0.138 e. The summed E-state index contributed by atoms with van der Waals surface area (Å²) in [4.78, 5) is 0. The molecule has 0 bridgehead atoms. The van der Waals surface area contributed by atoms with Gasteiger partial charge in [0.05, 0.1) is 4.47 Å². The molecule has 0 saturated heterocycles. The van der Waals surface area contributed by atoms with Gasteiger partial charge in [0.15, 0.2) is 0 Å². The van der Waals surface area contributed by atoms with Gasteiger partial charge in [-0.25, -0.2) is 0 Å². The van der Waals surface area contributed by atoms with Crippen LogP contribution >= 0.6 is 15.9 Å². The first-order valence-corrected chi connectivity index (χ1v) is 5.75. The molecule has 1 aromatic carbocycles. The zero-order chi connectivity index (χ0) is 11.3. The molecule has 0 spiro atoms. The van der Waals surface area contributed by atoms with Gasteiger partial charge >= 0.3 is 0 Å². The van der Waals surface area contributed by atoms with Gasteiger partial charge in [-0.1, -0.05) is 25.6 Å². The second-order valence-corrected chi connectivity index (χ2v) is 4.18. The van der Waals surface area contributed by atoms with Crippen molar-refractivity contribution in [3.8, 4) is 5.75 Å². The Morgan fingerprint density at radius 2 is 2.27 bits per heavy atom. The lowest BCUT2D eigenvalue weighted by Gasteiger charge is -2.12. The summed E-state index contributed by atoms with van der Waals surface area (Å²) in [6.07, 6.45) is 0.933. The van der Waals surface area contributed by atoms with Crippen molar-refractivity contribution in [3.05, 3.63) is 40.4 Å². The molecule has 0 amide bonds. The van der Waals surface area contributed by atoms with E-state index in [1.807, 2.05) is 18.2 Å². The van der Waals surface area contributed by atoms with Gasteiger partial charge in [0, 0.05) is 12.1 Å². The lowest BCUT2D eigenvalue weighted by Crippen LogP contribution is -2.05. The van der Waals surface area contributed by atoms with E-state index in [2.05, 4.69) is 29.4 Å². The Kier molecular flexibility index (Phi) is 4.85. The highest BCUT2D eigenvalue weighted by Crippen LogP contribution is 2.29. The van der Waals surface area contributed by atoms with Crippen molar-refractivity contribution in [2.24, 2.45) is 5.73 Å². The third kappa shape index (κ3) is 3.36. The minimum atomic E-state index is 0.480. The van der Waals surface area contributed by atoms with Crippen LogP contribution in [0, 0.1) is 0 Å². The summed E-state index contributed by atoms with van der Waals surface area (Å²) in [5, 5.41) is 0. The molecule has 0 atom stereocenters. The summed E-state index contributed by atoms with van der Waals surface area (Å²) in [7, 11) is 0. The Labute approximate surface area is 99.3 Å². The predicted molar refractivity (Wildman–Crippen MR) is 67.0 cm³/mol. The van der Waals surface area contributed by atoms with Gasteiger partial charge < -0.3 is 10.5 Å². The van der Waals surface area contributed by atoms with Crippen molar-refractivity contribution in [3.63, 3.8) is 0 Å². The fourth-order valence-electron chi connectivity index (χ4n) is 1.15. The summed E-state index contributed by atoms with van der Waals surface area (Å²) in [6, 6.07) is 5.87. The van der Waals surface area contributed by atoms with E-state index in [-0.39, 0.29) is 0 Å². The van der Waals surface area contributed by atoms with E-state index in [4.69, 9.17) is 10.5 Å². The lowest BCUT2D eigenvalue weighted by atomic mass is 10.2. The third-order valence-corrected chi connectivity index (χ3v) is 2.81. The molecule has 0 radical (unpaired) electrons. The molecule has 82 valence electrons. The Balaban J connectivity index is 2.78. The van der Waals surface area contributed by atoms with E-state index in [9.17, 15) is 0 Å². The molecular formula is C12H16BrNO. The topological polar surface area (TPSA) is 35.2 Å². The average Bonchev–Trinajstić information content (AvgIpc) is 2.26. The van der Waals surface area contributed by atoms with Crippen LogP contribution in [-0.2, 0) is 6.54 Å². The first kappa shape index (κ1) is 12.3. The molecule has 1 rings (SSSR count). The highest BCUT2D eigenvalue weighted by atomic mass is 79.9. The standard InChI is InChI=1S/C12H16BrNO/c1-3-9(2)8-15-12-10(7-14)5-4-6-11(12)13/h4-6H,2-3,7-8,14H2,1H3. The molecule has 1 aromatic rings. The van der Waals surface area contributed by atoms with Crippen molar-refractivity contribution in [1.29, 1.82) is 0 Å². The van der Waals surface area contributed by atoms with Gasteiger partial charge in [0.25, 0.3) is 0 Å². The Morgan fingerprint density at radius 3 is 2.87 bits per heavy atom. The molecule has 0 fully saturated rings. The van der Waals surface area contributed by atoms with Crippen molar-refractivity contribution in [2.75, 3.05) is 6.61 Å². The molecule has 0 aliphatic carbocycles. The number of benzene rings is 1. The number of rotatable bonds is 5. The Morgan fingerprint density at radius 1 is 1.53 bits per heavy atom. The molecule has 0 aliphatic heterocycles. The van der Waals surface area contributed by atoms with Crippen LogP contribution in [0.15, 0.2) is 34.8 Å². The largest absolute Gasteiger partial charge is 0.488 e. The molecular weight excluding hydrogens is 254 g/mol. The van der Waals surface area contributed by atoms with Crippen molar-refractivity contribution in [2.45, 2.75) is 19.9 Å². The van der Waals surface area contributed by atoms with Crippen LogP contribution in [0.2, 0.25) is 0 Å². The van der Waals surface area contributed by atoms with Gasteiger partial charge in [-0.3, -0.25) is 0 Å². The number of halogens is 1. The minimum absolute atomic E-state index is 0.480. The molecule has 0 unspecified atom stereocenters. The van der Waals surface area contributed by atoms with E-state index in [0.717, 1.165) is 27.8 Å². The number of para-hydroxylation sites is 1. The highest BCUT2D eigenvalue weighted by Gasteiger charge is 2.06. The number of hydrogen-bond donors (Lipinski definition) is 1. The first-order chi connectivity index (χ1) is 7.19. The van der Waals surface area contributed by atoms with Gasteiger partial charge in [-0.15, -0.1) is 0 Å². The van der Waals surface area contributed by atoms with E-state index in [0.29, 0.717) is 13.2 Å². The van der Waals surface area contributed by atoms with Crippen LogP contribution in [0.4, 0.5) is 0 Å². The summed E-state index contributed by atoms with van der Waals surface area (Å²) in [6.45, 7) is 6.99. The van der Waals surface area contributed by atoms with E-state index >= 15 is 0 Å². The van der Waals surface area contributed by atoms with Crippen LogP contribution in [-0.4, -0.2) is 6.61 Å². The van der Waals surface area contributed by atoms with Crippen LogP contribution in [0.5, 0.6) is 5.75 Å². The van der Waals surface area contributed by atoms with E-state index in [1.54, 1.807) is 0 Å². The molecule has 3 heteroatoms. The molecule has 2 nitrogen and oxygen atoms in total. The van der Waals surface area contributed by atoms with Gasteiger partial charge in [0.2, 0.25) is 0 Å². The number of ether oxygens (including phenoxy) is 1. The monoisotopic (exact) mass is 269 g/mol. The van der Waals surface area contributed by atoms with Crippen LogP contribution in [0.3, 0.4) is 0 Å². The molecule has 15 heavy (non-hydrogen) atoms. The molecule has 0 aromatic heterocycles. The average molecular weight is 270 g/mol. The SMILES string of the molecule is C=C(CC)COc1c(Br)cccc1CN. The van der Waals surface area contributed by atoms with Crippen molar-refractivity contribution in [1.82, 2.24) is 0 Å². The van der Waals surface area contributed by atoms with Crippen LogP contribution in [0.25, 0.3) is 0 Å². The third-order valence-electron chi connectivity index (χ3n) is 2.19. The van der Waals surface area contributed by atoms with Gasteiger partial charge in [-0.2, -0.15) is 0 Å². The normalized spacial score (nSPS) is 10.1. The number of nitrogens with two attached hydrogens (primary N) is 1. The van der Waals surface area contributed by atoms with E-state index in [1.165, 1.54) is 0 Å². The fraction of sp³-hybridized carbons (Fsp3) is 0.333. The fourth-order valence-corrected chi connectivity index (χ4v) is 1.67. The maximum atomic E-state index is 5.69. The zero-order valence-corrected chi connectivity index (χ0v) is 10.5. The molecule has 2 N–H and O–H groups in total. The second kappa shape index (κ2) is 5.93. The van der Waals surface area contributed by atoms with Crippen LogP contribution < -0.4 is 10.5 Å². The zero-order valence-electron chi connectivity index (χ0n) is 8.92. The van der Waals surface area contributed by atoms with Gasteiger partial charge in [0.1, 0.15) is 12.4 Å². The van der Waals surface area contributed by atoms with Crippen molar-refractivity contribution < 1.29 is 4.74 Å². The van der Waals surface area contributed by atoms with Crippen LogP contribution in [0.1, 0.15) is 18.9 Å². The van der Waals surface area contributed by atoms with Crippen molar-refractivity contribution >= 4 is 15.9 Å². The molecule has 0 aliphatic rings. The first-order valence-electron chi connectivity index (χ1n) is 4.96. The van der Waals surface area contributed by atoms with E-state index < -0.39 is 0 Å². The Bertz CT molecular complexity index is 349. The summed E-state index contributed by atoms with van der Waals surface area (Å²) in [5.41, 5.74) is 7.72. The maximum absolute atomic E-state index is 5.69. The number of hydrogen-bond acceptors (Lipinski definition) is 2. The smallest absolute Gasteiger partial charge is 0.138 e. The summed E-state index contributed by atoms with van der Waals surface area (Å²) >= 11 is 3.45. The molecule has 0 heterocycles. The quantitative estimate of drug-likeness (QED) is 0.833. The lowest BCUT2D eigenvalue weighted by molar-refractivity contribution is 0.343. The second-order valence-electron chi connectivity index (χ2n) is 3.32. The summed E-state index contributed by atoms with van der Waals surface area (Å²) < 4.78 is 6.62. The minimum Gasteiger partial charge on any atom is -0.488 e. The van der Waals surface area contributed by atoms with Gasteiger partial charge in [-0.05, 0) is 34.0 Å². The summed E-state index contributed by atoms with van der Waals surface area (Å²) in [5.74, 6) is 0.828. The Hall–Kier alpha value is -0.800. The predicted octanol–water partition coefficient (Wildman–Crippen LogP) is 3.25. The molecule has 0 saturated carbocycles. The highest BCUT2D eigenvalue weighted by molar-refractivity contribution is 9.10.